The van der Waals surface area contributed by atoms with Crippen molar-refractivity contribution in [2.24, 2.45) is 0 Å². The molecule has 0 saturated heterocycles. The predicted octanol–water partition coefficient (Wildman–Crippen LogP) is 1.73. The molecule has 0 aliphatic heterocycles. The fourth-order valence-corrected chi connectivity index (χ4v) is 3.33. The first-order valence-electron chi connectivity index (χ1n) is 8.88. The largest absolute Gasteiger partial charge is 0.507 e. The lowest BCUT2D eigenvalue weighted by atomic mass is 10.1. The van der Waals surface area contributed by atoms with Crippen molar-refractivity contribution in [2.75, 3.05) is 6.54 Å². The van der Waals surface area contributed by atoms with Crippen LogP contribution in [-0.4, -0.2) is 37.4 Å². The maximum atomic E-state index is 12.8. The molecule has 9 nitrogen and oxygen atoms in total. The molecular weight excluding hydrogens is 412 g/mol. The fourth-order valence-electron chi connectivity index (χ4n) is 3.16. The highest BCUT2D eigenvalue weighted by atomic mass is 35.5. The molecule has 2 aromatic heterocycles. The van der Waals surface area contributed by atoms with Gasteiger partial charge >= 0.3 is 0 Å². The highest BCUT2D eigenvalue weighted by molar-refractivity contribution is 6.31. The van der Waals surface area contributed by atoms with Gasteiger partial charge in [0.1, 0.15) is 16.7 Å². The van der Waals surface area contributed by atoms with E-state index in [0.29, 0.717) is 10.5 Å². The molecule has 4 rings (SSSR count). The Morgan fingerprint density at radius 2 is 1.93 bits per heavy atom. The van der Waals surface area contributed by atoms with Crippen LogP contribution in [0, 0.1) is 0 Å². The first kappa shape index (κ1) is 19.5. The number of aromatic amines is 1. The Labute approximate surface area is 173 Å². The molecule has 152 valence electrons. The maximum Gasteiger partial charge on any atom is 0.280 e. The molecule has 0 radical (unpaired) electrons. The molecule has 10 heteroatoms. The van der Waals surface area contributed by atoms with E-state index in [1.165, 1.54) is 30.3 Å². The summed E-state index contributed by atoms with van der Waals surface area (Å²) in [6.45, 7) is -0.119. The van der Waals surface area contributed by atoms with E-state index in [1.54, 1.807) is 12.1 Å². The van der Waals surface area contributed by atoms with Gasteiger partial charge in [0.2, 0.25) is 5.43 Å². The molecule has 0 aliphatic carbocycles. The number of halogens is 1. The van der Waals surface area contributed by atoms with Gasteiger partial charge in [-0.1, -0.05) is 23.7 Å². The van der Waals surface area contributed by atoms with Crippen LogP contribution in [0.15, 0.2) is 52.1 Å². The summed E-state index contributed by atoms with van der Waals surface area (Å²) >= 11 is 5.94. The minimum Gasteiger partial charge on any atom is -0.507 e. The zero-order chi connectivity index (χ0) is 21.4. The molecule has 0 saturated carbocycles. The summed E-state index contributed by atoms with van der Waals surface area (Å²) in [6.07, 6.45) is 0. The van der Waals surface area contributed by atoms with Crippen LogP contribution in [0.25, 0.3) is 21.8 Å². The van der Waals surface area contributed by atoms with E-state index in [2.05, 4.69) is 15.4 Å². The Balaban J connectivity index is 1.67. The van der Waals surface area contributed by atoms with Gasteiger partial charge in [0.15, 0.2) is 0 Å². The minimum absolute atomic E-state index is 0.0217. The van der Waals surface area contributed by atoms with Gasteiger partial charge in [-0.15, -0.1) is 5.10 Å². The van der Waals surface area contributed by atoms with Gasteiger partial charge < -0.3 is 20.5 Å². The van der Waals surface area contributed by atoms with Gasteiger partial charge in [0, 0.05) is 17.0 Å². The number of phenolic OH excluding ortho intramolecular Hbond substituents is 1. The average Bonchev–Trinajstić information content (AvgIpc) is 2.71. The summed E-state index contributed by atoms with van der Waals surface area (Å²) in [5.41, 5.74) is -0.915. The number of nitrogens with zero attached hydrogens (tertiary/aromatic N) is 2. The quantitative estimate of drug-likeness (QED) is 0.367. The van der Waals surface area contributed by atoms with Crippen LogP contribution < -0.4 is 16.3 Å². The van der Waals surface area contributed by atoms with Crippen LogP contribution in [0.3, 0.4) is 0 Å². The Kier molecular flexibility index (Phi) is 4.88. The number of phenols is 1. The average molecular weight is 427 g/mol. The van der Waals surface area contributed by atoms with Gasteiger partial charge in [0.05, 0.1) is 17.6 Å². The van der Waals surface area contributed by atoms with E-state index in [4.69, 9.17) is 11.6 Å². The first-order valence-corrected chi connectivity index (χ1v) is 9.26. The Morgan fingerprint density at radius 1 is 1.17 bits per heavy atom. The summed E-state index contributed by atoms with van der Waals surface area (Å²) < 4.78 is 0.903. The number of aromatic hydroxyl groups is 2. The first-order chi connectivity index (χ1) is 14.4. The molecule has 0 atom stereocenters. The van der Waals surface area contributed by atoms with Crippen molar-refractivity contribution in [1.82, 2.24) is 20.1 Å². The predicted molar refractivity (Wildman–Crippen MR) is 111 cm³/mol. The standard InChI is InChI=1S/C20H15ClN4O5/c21-10-5-6-11-13(9-10)23-16-15(17(11)27)20(30)25(24-19(16)29)8-7-22-18(28)12-3-1-2-4-14(12)26/h1-6,9,26H,7-8H2,(H,22,28)(H,23,27)(H,24,29). The SMILES string of the molecule is O=C(NCCn1nc(O)c2[nH]c3cc(Cl)ccc3c(=O)c2c1=O)c1ccccc1O. The van der Waals surface area contributed by atoms with Crippen molar-refractivity contribution >= 4 is 39.3 Å². The number of aromatic nitrogens is 3. The lowest BCUT2D eigenvalue weighted by Gasteiger charge is -2.10. The third kappa shape index (κ3) is 3.35. The highest BCUT2D eigenvalue weighted by Gasteiger charge is 2.17. The Hall–Kier alpha value is -3.85. The lowest BCUT2D eigenvalue weighted by Crippen LogP contribution is -2.33. The summed E-state index contributed by atoms with van der Waals surface area (Å²) in [4.78, 5) is 40.6. The second kappa shape index (κ2) is 7.53. The molecule has 2 heterocycles. The Bertz CT molecular complexity index is 1430. The normalized spacial score (nSPS) is 11.1. The number of para-hydroxylation sites is 1. The molecule has 4 N–H and O–H groups in total. The molecule has 0 bridgehead atoms. The number of fused-ring (bicyclic) bond motifs is 2. The smallest absolute Gasteiger partial charge is 0.280 e. The zero-order valence-corrected chi connectivity index (χ0v) is 16.1. The zero-order valence-electron chi connectivity index (χ0n) is 15.3. The number of carbonyl (C=O) groups is 1. The number of amides is 1. The molecule has 30 heavy (non-hydrogen) atoms. The van der Waals surface area contributed by atoms with Gasteiger partial charge in [0.25, 0.3) is 17.3 Å². The van der Waals surface area contributed by atoms with E-state index < -0.39 is 22.8 Å². The van der Waals surface area contributed by atoms with Crippen molar-refractivity contribution in [2.45, 2.75) is 6.54 Å². The van der Waals surface area contributed by atoms with Gasteiger partial charge in [-0.3, -0.25) is 14.4 Å². The van der Waals surface area contributed by atoms with Crippen molar-refractivity contribution in [3.05, 3.63) is 73.6 Å². The van der Waals surface area contributed by atoms with Crippen molar-refractivity contribution in [3.63, 3.8) is 0 Å². The van der Waals surface area contributed by atoms with E-state index in [1.807, 2.05) is 0 Å². The molecule has 0 fully saturated rings. The number of hydrogen-bond donors (Lipinski definition) is 4. The van der Waals surface area contributed by atoms with Crippen LogP contribution >= 0.6 is 11.6 Å². The van der Waals surface area contributed by atoms with Gasteiger partial charge in [-0.2, -0.15) is 0 Å². The highest BCUT2D eigenvalue weighted by Crippen LogP contribution is 2.21. The summed E-state index contributed by atoms with van der Waals surface area (Å²) in [6, 6.07) is 10.6. The van der Waals surface area contributed by atoms with Crippen molar-refractivity contribution in [1.29, 1.82) is 0 Å². The number of carbonyl (C=O) groups excluding carboxylic acids is 1. The van der Waals surface area contributed by atoms with E-state index in [0.717, 1.165) is 4.68 Å². The summed E-state index contributed by atoms with van der Waals surface area (Å²) in [5.74, 6) is -1.24. The molecule has 0 spiro atoms. The van der Waals surface area contributed by atoms with E-state index in [9.17, 15) is 24.6 Å². The number of H-pyrrole nitrogens is 1. The van der Waals surface area contributed by atoms with E-state index in [-0.39, 0.29) is 40.7 Å². The van der Waals surface area contributed by atoms with E-state index >= 15 is 0 Å². The van der Waals surface area contributed by atoms with Crippen LogP contribution in [0.2, 0.25) is 5.02 Å². The number of hydrogen-bond acceptors (Lipinski definition) is 6. The van der Waals surface area contributed by atoms with Gasteiger partial charge in [-0.25, -0.2) is 4.68 Å². The van der Waals surface area contributed by atoms with Crippen molar-refractivity contribution < 1.29 is 15.0 Å². The number of rotatable bonds is 4. The van der Waals surface area contributed by atoms with Crippen LogP contribution in [0.5, 0.6) is 11.6 Å². The third-order valence-corrected chi connectivity index (χ3v) is 4.84. The fraction of sp³-hybridized carbons (Fsp3) is 0.100. The van der Waals surface area contributed by atoms with Crippen LogP contribution in [0.1, 0.15) is 10.4 Å². The second-order valence-corrected chi connectivity index (χ2v) is 6.96. The van der Waals surface area contributed by atoms with Gasteiger partial charge in [-0.05, 0) is 30.3 Å². The Morgan fingerprint density at radius 3 is 2.70 bits per heavy atom. The molecule has 2 aromatic carbocycles. The topological polar surface area (TPSA) is 137 Å². The molecule has 1 amide bonds. The maximum absolute atomic E-state index is 12.8. The van der Waals surface area contributed by atoms with Crippen LogP contribution in [-0.2, 0) is 6.54 Å². The third-order valence-electron chi connectivity index (χ3n) is 4.61. The monoisotopic (exact) mass is 426 g/mol. The molecule has 4 aromatic rings. The summed E-state index contributed by atoms with van der Waals surface area (Å²) in [5, 5.41) is 26.7. The van der Waals surface area contributed by atoms with Crippen molar-refractivity contribution in [3.8, 4) is 11.6 Å². The molecular formula is C20H15ClN4O5. The number of benzene rings is 2. The second-order valence-electron chi connectivity index (χ2n) is 6.52. The molecule has 0 unspecified atom stereocenters. The number of nitrogens with one attached hydrogen (secondary N) is 2. The molecule has 0 aliphatic rings. The summed E-state index contributed by atoms with van der Waals surface area (Å²) in [7, 11) is 0. The lowest BCUT2D eigenvalue weighted by molar-refractivity contribution is 0.0949. The van der Waals surface area contributed by atoms with Crippen LogP contribution in [0.4, 0.5) is 0 Å². The number of pyridine rings is 1. The minimum atomic E-state index is -0.710.